The lowest BCUT2D eigenvalue weighted by molar-refractivity contribution is 0.381. The molecule has 0 radical (unpaired) electrons. The first kappa shape index (κ1) is 14.7. The molecule has 1 saturated heterocycles. The first-order valence-electron chi connectivity index (χ1n) is 5.58. The van der Waals surface area contributed by atoms with E-state index in [0.717, 1.165) is 5.69 Å². The van der Waals surface area contributed by atoms with Gasteiger partial charge >= 0.3 is 10.4 Å². The summed E-state index contributed by atoms with van der Waals surface area (Å²) in [5.41, 5.74) is 9.22. The quantitative estimate of drug-likeness (QED) is 0.530. The fourth-order valence-electron chi connectivity index (χ4n) is 1.99. The minimum Gasteiger partial charge on any atom is -0.399 e. The highest BCUT2D eigenvalue weighted by Crippen LogP contribution is 2.25. The second-order valence-electron chi connectivity index (χ2n) is 4.19. The summed E-state index contributed by atoms with van der Waals surface area (Å²) in [6.45, 7) is 4.53. The van der Waals surface area contributed by atoms with Crippen molar-refractivity contribution in [1.29, 1.82) is 0 Å². The van der Waals surface area contributed by atoms with E-state index >= 15 is 0 Å². The van der Waals surface area contributed by atoms with Gasteiger partial charge in [0.05, 0.1) is 0 Å². The molecule has 4 N–H and O–H groups in total. The number of hydrogen-bond donors (Lipinski definition) is 3. The third-order valence-corrected chi connectivity index (χ3v) is 2.67. The van der Waals surface area contributed by atoms with Crippen LogP contribution in [0, 0.1) is 6.92 Å². The summed E-state index contributed by atoms with van der Waals surface area (Å²) in [4.78, 5) is 2.44. The molecule has 1 aliphatic rings. The molecule has 0 spiro atoms. The molecule has 6 nitrogen and oxygen atoms in total. The number of benzene rings is 1. The molecule has 1 aromatic rings. The third-order valence-electron chi connectivity index (χ3n) is 2.67. The van der Waals surface area contributed by atoms with Gasteiger partial charge in [0.25, 0.3) is 0 Å². The summed E-state index contributed by atoms with van der Waals surface area (Å²) in [7, 11) is -4.67. The van der Waals surface area contributed by atoms with Gasteiger partial charge in [0.1, 0.15) is 0 Å². The molecule has 1 fully saturated rings. The second kappa shape index (κ2) is 6.03. The summed E-state index contributed by atoms with van der Waals surface area (Å²) in [6, 6.07) is 6.17. The Hall–Kier alpha value is -1.31. The maximum atomic E-state index is 8.74. The average Bonchev–Trinajstić information content (AvgIpc) is 2.67. The van der Waals surface area contributed by atoms with Crippen LogP contribution in [0.5, 0.6) is 0 Å². The molecule has 102 valence electrons. The summed E-state index contributed by atoms with van der Waals surface area (Å²) in [5.74, 6) is 0. The van der Waals surface area contributed by atoms with Crippen molar-refractivity contribution in [1.82, 2.24) is 0 Å². The van der Waals surface area contributed by atoms with Crippen molar-refractivity contribution in [3.05, 3.63) is 23.8 Å². The lowest BCUT2D eigenvalue weighted by Gasteiger charge is -2.20. The number of nitrogens with two attached hydrogens (primary N) is 1. The zero-order valence-electron chi connectivity index (χ0n) is 10.2. The number of hydrogen-bond acceptors (Lipinski definition) is 4. The molecule has 1 aromatic carbocycles. The fourth-order valence-corrected chi connectivity index (χ4v) is 1.99. The van der Waals surface area contributed by atoms with Gasteiger partial charge in [-0.15, -0.1) is 0 Å². The third kappa shape index (κ3) is 5.35. The highest BCUT2D eigenvalue weighted by atomic mass is 32.3. The highest BCUT2D eigenvalue weighted by Gasteiger charge is 2.13. The van der Waals surface area contributed by atoms with E-state index in [1.165, 1.54) is 37.2 Å². The normalized spacial score (nSPS) is 15.2. The first-order chi connectivity index (χ1) is 8.27. The SMILES string of the molecule is Cc1cc(N)ccc1N1CCCC1.O=S(=O)(O)O. The lowest BCUT2D eigenvalue weighted by atomic mass is 10.1. The first-order valence-corrected chi connectivity index (χ1v) is 6.98. The van der Waals surface area contributed by atoms with E-state index < -0.39 is 10.4 Å². The van der Waals surface area contributed by atoms with Crippen LogP contribution in [-0.4, -0.2) is 30.6 Å². The Labute approximate surface area is 107 Å². The number of nitrogen functional groups attached to an aromatic ring is 1. The molecule has 0 unspecified atom stereocenters. The van der Waals surface area contributed by atoms with Crippen molar-refractivity contribution >= 4 is 21.8 Å². The Morgan fingerprint density at radius 2 is 1.72 bits per heavy atom. The maximum absolute atomic E-state index is 8.74. The molecule has 0 saturated carbocycles. The van der Waals surface area contributed by atoms with E-state index in [-0.39, 0.29) is 0 Å². The molecule has 7 heteroatoms. The Morgan fingerprint density at radius 3 is 2.17 bits per heavy atom. The monoisotopic (exact) mass is 274 g/mol. The van der Waals surface area contributed by atoms with Gasteiger partial charge in [-0.05, 0) is 43.5 Å². The Morgan fingerprint density at radius 1 is 1.22 bits per heavy atom. The number of nitrogens with zero attached hydrogens (tertiary/aromatic N) is 1. The van der Waals surface area contributed by atoms with Crippen molar-refractivity contribution in [2.24, 2.45) is 0 Å². The maximum Gasteiger partial charge on any atom is 0.394 e. The number of rotatable bonds is 1. The summed E-state index contributed by atoms with van der Waals surface area (Å²) >= 11 is 0. The minimum absolute atomic E-state index is 0.862. The average molecular weight is 274 g/mol. The van der Waals surface area contributed by atoms with Crippen LogP contribution in [0.15, 0.2) is 18.2 Å². The van der Waals surface area contributed by atoms with Crippen molar-refractivity contribution in [3.63, 3.8) is 0 Å². The van der Waals surface area contributed by atoms with Gasteiger partial charge in [0.2, 0.25) is 0 Å². The minimum atomic E-state index is -4.67. The zero-order valence-corrected chi connectivity index (χ0v) is 11.0. The standard InChI is InChI=1S/C11H16N2.H2O4S/c1-9-8-10(12)4-5-11(9)13-6-2-3-7-13;1-5(2,3)4/h4-5,8H,2-3,6-7,12H2,1H3;(H2,1,2,3,4). The van der Waals surface area contributed by atoms with Gasteiger partial charge in [-0.1, -0.05) is 0 Å². The van der Waals surface area contributed by atoms with Crippen molar-refractivity contribution < 1.29 is 17.5 Å². The van der Waals surface area contributed by atoms with Gasteiger partial charge in [0, 0.05) is 24.5 Å². The molecule has 2 rings (SSSR count). The molecule has 0 atom stereocenters. The van der Waals surface area contributed by atoms with Crippen LogP contribution in [-0.2, 0) is 10.4 Å². The molecule has 0 bridgehead atoms. The molecule has 18 heavy (non-hydrogen) atoms. The van der Waals surface area contributed by atoms with Crippen LogP contribution < -0.4 is 10.6 Å². The van der Waals surface area contributed by atoms with Crippen LogP contribution in [0.25, 0.3) is 0 Å². The van der Waals surface area contributed by atoms with Crippen LogP contribution in [0.3, 0.4) is 0 Å². The zero-order chi connectivity index (χ0) is 13.8. The van der Waals surface area contributed by atoms with E-state index in [2.05, 4.69) is 17.9 Å². The molecule has 0 amide bonds. The van der Waals surface area contributed by atoms with Crippen molar-refractivity contribution in [3.8, 4) is 0 Å². The van der Waals surface area contributed by atoms with E-state index in [0.29, 0.717) is 0 Å². The van der Waals surface area contributed by atoms with Gasteiger partial charge in [-0.3, -0.25) is 9.11 Å². The summed E-state index contributed by atoms with van der Waals surface area (Å²) < 4.78 is 31.6. The van der Waals surface area contributed by atoms with Crippen molar-refractivity contribution in [2.75, 3.05) is 23.7 Å². The molecule has 1 heterocycles. The van der Waals surface area contributed by atoms with Gasteiger partial charge < -0.3 is 10.6 Å². The Balaban J connectivity index is 0.000000280. The van der Waals surface area contributed by atoms with Gasteiger partial charge in [-0.2, -0.15) is 8.42 Å². The Kier molecular flexibility index (Phi) is 4.94. The molecule has 0 aliphatic carbocycles. The predicted molar refractivity (Wildman–Crippen MR) is 71.2 cm³/mol. The van der Waals surface area contributed by atoms with Crippen LogP contribution in [0.1, 0.15) is 18.4 Å². The lowest BCUT2D eigenvalue weighted by Crippen LogP contribution is -2.18. The van der Waals surface area contributed by atoms with Crippen LogP contribution in [0.2, 0.25) is 0 Å². The molecular formula is C11H18N2O4S. The number of anilines is 2. The topological polar surface area (TPSA) is 104 Å². The summed E-state index contributed by atoms with van der Waals surface area (Å²) in [5, 5.41) is 0. The smallest absolute Gasteiger partial charge is 0.394 e. The van der Waals surface area contributed by atoms with E-state index in [4.69, 9.17) is 23.3 Å². The Bertz CT molecular complexity index is 488. The van der Waals surface area contributed by atoms with Gasteiger partial charge in [-0.25, -0.2) is 0 Å². The van der Waals surface area contributed by atoms with Gasteiger partial charge in [0.15, 0.2) is 0 Å². The van der Waals surface area contributed by atoms with E-state index in [9.17, 15) is 0 Å². The van der Waals surface area contributed by atoms with E-state index in [1.807, 2.05) is 12.1 Å². The summed E-state index contributed by atoms with van der Waals surface area (Å²) in [6.07, 6.45) is 2.65. The second-order valence-corrected chi connectivity index (χ2v) is 5.08. The van der Waals surface area contributed by atoms with Crippen LogP contribution >= 0.6 is 0 Å². The largest absolute Gasteiger partial charge is 0.399 e. The fraction of sp³-hybridized carbons (Fsp3) is 0.455. The molecule has 1 aliphatic heterocycles. The van der Waals surface area contributed by atoms with Crippen LogP contribution in [0.4, 0.5) is 11.4 Å². The van der Waals surface area contributed by atoms with E-state index in [1.54, 1.807) is 0 Å². The van der Waals surface area contributed by atoms with Crippen molar-refractivity contribution in [2.45, 2.75) is 19.8 Å². The number of aryl methyl sites for hydroxylation is 1. The predicted octanol–water partition coefficient (Wildman–Crippen LogP) is 1.52. The molecule has 0 aromatic heterocycles. The highest BCUT2D eigenvalue weighted by molar-refractivity contribution is 7.79. The molecular weight excluding hydrogens is 256 g/mol.